The molecule has 1 saturated heterocycles. The van der Waals surface area contributed by atoms with E-state index in [2.05, 4.69) is 16.8 Å². The number of carbonyl (C=O) groups excluding carboxylic acids is 1. The lowest BCUT2D eigenvalue weighted by atomic mass is 10.0. The van der Waals surface area contributed by atoms with Crippen molar-refractivity contribution in [2.75, 3.05) is 32.1 Å². The molecule has 1 aromatic heterocycles. The molecule has 16 heavy (non-hydrogen) atoms. The van der Waals surface area contributed by atoms with Gasteiger partial charge >= 0.3 is 0 Å². The van der Waals surface area contributed by atoms with Crippen molar-refractivity contribution < 1.29 is 9.21 Å². The van der Waals surface area contributed by atoms with Gasteiger partial charge in [0.2, 0.25) is 0 Å². The van der Waals surface area contributed by atoms with Crippen molar-refractivity contribution in [1.29, 1.82) is 0 Å². The first kappa shape index (κ1) is 11.2. The number of nitrogens with zero attached hydrogens (tertiary/aromatic N) is 2. The monoisotopic (exact) mass is 222 g/mol. The van der Waals surface area contributed by atoms with Gasteiger partial charge in [-0.05, 0) is 39.0 Å². The maximum atomic E-state index is 10.5. The second kappa shape index (κ2) is 4.70. The van der Waals surface area contributed by atoms with Gasteiger partial charge < -0.3 is 14.2 Å². The Hall–Kier alpha value is -1.29. The molecule has 0 bridgehead atoms. The van der Waals surface area contributed by atoms with E-state index in [-0.39, 0.29) is 0 Å². The minimum atomic E-state index is 0.398. The predicted molar refractivity (Wildman–Crippen MR) is 63.0 cm³/mol. The Labute approximate surface area is 95.8 Å². The average Bonchev–Trinajstić information content (AvgIpc) is 2.77. The van der Waals surface area contributed by atoms with E-state index in [9.17, 15) is 4.79 Å². The number of hydrogen-bond acceptors (Lipinski definition) is 4. The minimum Gasteiger partial charge on any atom is -0.438 e. The summed E-state index contributed by atoms with van der Waals surface area (Å²) in [5.74, 6) is 1.19. The highest BCUT2D eigenvalue weighted by atomic mass is 16.4. The van der Waals surface area contributed by atoms with Crippen molar-refractivity contribution in [3.8, 4) is 0 Å². The lowest BCUT2D eigenvalue weighted by Gasteiger charge is -2.34. The van der Waals surface area contributed by atoms with E-state index < -0.39 is 0 Å². The van der Waals surface area contributed by atoms with Crippen molar-refractivity contribution in [1.82, 2.24) is 4.90 Å². The molecule has 1 aromatic rings. The summed E-state index contributed by atoms with van der Waals surface area (Å²) in [6.07, 6.45) is 3.03. The van der Waals surface area contributed by atoms with E-state index in [1.165, 1.54) is 0 Å². The Balaban J connectivity index is 2.01. The van der Waals surface area contributed by atoms with Crippen molar-refractivity contribution in [2.24, 2.45) is 0 Å². The molecule has 0 radical (unpaired) electrons. The lowest BCUT2D eigenvalue weighted by Crippen LogP contribution is -2.41. The summed E-state index contributed by atoms with van der Waals surface area (Å²) in [7, 11) is 4.18. The second-order valence-corrected chi connectivity index (χ2v) is 4.44. The van der Waals surface area contributed by atoms with Crippen LogP contribution in [0.25, 0.3) is 0 Å². The van der Waals surface area contributed by atoms with Crippen LogP contribution >= 0.6 is 0 Å². The molecule has 0 aromatic carbocycles. The Morgan fingerprint density at radius 2 is 2.12 bits per heavy atom. The molecule has 0 atom stereocenters. The standard InChI is InChI=1S/C12H18N2O2/c1-13-7-5-10(6-8-13)14(2)12-4-3-11(9-15)16-12/h3-4,9-10H,5-8H2,1-2H3. The molecular formula is C12H18N2O2. The lowest BCUT2D eigenvalue weighted by molar-refractivity contribution is 0.110. The topological polar surface area (TPSA) is 36.7 Å². The molecule has 4 heteroatoms. The number of aldehydes is 1. The summed E-state index contributed by atoms with van der Waals surface area (Å²) >= 11 is 0. The van der Waals surface area contributed by atoms with E-state index in [4.69, 9.17) is 4.42 Å². The van der Waals surface area contributed by atoms with Gasteiger partial charge in [0, 0.05) is 19.2 Å². The average molecular weight is 222 g/mol. The number of anilines is 1. The van der Waals surface area contributed by atoms with Crippen LogP contribution < -0.4 is 4.90 Å². The maximum absolute atomic E-state index is 10.5. The Morgan fingerprint density at radius 1 is 1.44 bits per heavy atom. The molecule has 1 aliphatic rings. The van der Waals surface area contributed by atoms with E-state index in [1.807, 2.05) is 13.1 Å². The molecule has 0 saturated carbocycles. The number of hydrogen-bond donors (Lipinski definition) is 0. The predicted octanol–water partition coefficient (Wildman–Crippen LogP) is 1.62. The minimum absolute atomic E-state index is 0.398. The number of likely N-dealkylation sites (tertiary alicyclic amines) is 1. The first-order chi connectivity index (χ1) is 7.70. The second-order valence-electron chi connectivity index (χ2n) is 4.44. The molecule has 1 fully saturated rings. The summed E-state index contributed by atoms with van der Waals surface area (Å²) in [6.45, 7) is 2.24. The zero-order valence-corrected chi connectivity index (χ0v) is 9.85. The largest absolute Gasteiger partial charge is 0.438 e. The van der Waals surface area contributed by atoms with Crippen LogP contribution in [0.4, 0.5) is 5.88 Å². The highest BCUT2D eigenvalue weighted by Crippen LogP contribution is 2.23. The zero-order valence-electron chi connectivity index (χ0n) is 9.85. The SMILES string of the molecule is CN1CCC(N(C)c2ccc(C=O)o2)CC1. The number of carbonyl (C=O) groups is 1. The van der Waals surface area contributed by atoms with Crippen LogP contribution in [0.5, 0.6) is 0 Å². The van der Waals surface area contributed by atoms with Crippen LogP contribution in [0.3, 0.4) is 0 Å². The van der Waals surface area contributed by atoms with Crippen LogP contribution in [-0.2, 0) is 0 Å². The summed E-state index contributed by atoms with van der Waals surface area (Å²) in [5, 5.41) is 0. The van der Waals surface area contributed by atoms with Crippen LogP contribution in [0, 0.1) is 0 Å². The van der Waals surface area contributed by atoms with E-state index in [0.717, 1.165) is 38.1 Å². The third-order valence-corrected chi connectivity index (χ3v) is 3.31. The number of furan rings is 1. The molecule has 2 rings (SSSR count). The van der Waals surface area contributed by atoms with Crippen LogP contribution in [-0.4, -0.2) is 44.4 Å². The quantitative estimate of drug-likeness (QED) is 0.728. The molecule has 0 aliphatic carbocycles. The van der Waals surface area contributed by atoms with Crippen molar-refractivity contribution in [3.05, 3.63) is 17.9 Å². The fourth-order valence-corrected chi connectivity index (χ4v) is 2.16. The van der Waals surface area contributed by atoms with Crippen molar-refractivity contribution in [2.45, 2.75) is 18.9 Å². The zero-order chi connectivity index (χ0) is 11.5. The van der Waals surface area contributed by atoms with E-state index in [0.29, 0.717) is 11.8 Å². The van der Waals surface area contributed by atoms with Gasteiger partial charge in [0.15, 0.2) is 17.9 Å². The summed E-state index contributed by atoms with van der Waals surface area (Å²) in [6, 6.07) is 4.09. The molecular weight excluding hydrogens is 204 g/mol. The fourth-order valence-electron chi connectivity index (χ4n) is 2.16. The Kier molecular flexibility index (Phi) is 3.29. The highest BCUT2D eigenvalue weighted by molar-refractivity contribution is 5.71. The number of piperidine rings is 1. The van der Waals surface area contributed by atoms with Crippen LogP contribution in [0.2, 0.25) is 0 Å². The van der Waals surface area contributed by atoms with Gasteiger partial charge in [0.1, 0.15) is 0 Å². The molecule has 0 amide bonds. The highest BCUT2D eigenvalue weighted by Gasteiger charge is 2.22. The van der Waals surface area contributed by atoms with Crippen LogP contribution in [0.15, 0.2) is 16.5 Å². The first-order valence-electron chi connectivity index (χ1n) is 5.67. The van der Waals surface area contributed by atoms with Gasteiger partial charge in [0.05, 0.1) is 0 Å². The Morgan fingerprint density at radius 3 is 2.69 bits per heavy atom. The molecule has 1 aliphatic heterocycles. The Bertz CT molecular complexity index is 354. The van der Waals surface area contributed by atoms with Gasteiger partial charge in [-0.15, -0.1) is 0 Å². The fraction of sp³-hybridized carbons (Fsp3) is 0.583. The van der Waals surface area contributed by atoms with Crippen molar-refractivity contribution in [3.63, 3.8) is 0 Å². The van der Waals surface area contributed by atoms with Gasteiger partial charge in [-0.25, -0.2) is 0 Å². The normalized spacial score (nSPS) is 18.6. The van der Waals surface area contributed by atoms with Crippen molar-refractivity contribution >= 4 is 12.2 Å². The molecule has 88 valence electrons. The summed E-state index contributed by atoms with van der Waals surface area (Å²) < 4.78 is 5.42. The van der Waals surface area contributed by atoms with Gasteiger partial charge in [-0.1, -0.05) is 0 Å². The molecule has 0 spiro atoms. The summed E-state index contributed by atoms with van der Waals surface area (Å²) in [4.78, 5) is 15.0. The van der Waals surface area contributed by atoms with Gasteiger partial charge in [-0.3, -0.25) is 4.79 Å². The maximum Gasteiger partial charge on any atom is 0.196 e. The third-order valence-electron chi connectivity index (χ3n) is 3.31. The van der Waals surface area contributed by atoms with Gasteiger partial charge in [0.25, 0.3) is 0 Å². The smallest absolute Gasteiger partial charge is 0.196 e. The van der Waals surface area contributed by atoms with E-state index in [1.54, 1.807) is 6.07 Å². The third kappa shape index (κ3) is 2.27. The first-order valence-corrected chi connectivity index (χ1v) is 5.67. The van der Waals surface area contributed by atoms with E-state index >= 15 is 0 Å². The van der Waals surface area contributed by atoms with Crippen LogP contribution in [0.1, 0.15) is 23.4 Å². The molecule has 0 unspecified atom stereocenters. The molecule has 0 N–H and O–H groups in total. The number of rotatable bonds is 3. The van der Waals surface area contributed by atoms with Gasteiger partial charge in [-0.2, -0.15) is 0 Å². The molecule has 4 nitrogen and oxygen atoms in total. The summed E-state index contributed by atoms with van der Waals surface area (Å²) in [5.41, 5.74) is 0. The molecule has 2 heterocycles.